The topological polar surface area (TPSA) is 67.0 Å². The van der Waals surface area contributed by atoms with Crippen molar-refractivity contribution in [2.75, 3.05) is 0 Å². The van der Waals surface area contributed by atoms with Gasteiger partial charge in [0.25, 0.3) is 0 Å². The molecule has 0 aliphatic heterocycles. The van der Waals surface area contributed by atoms with Gasteiger partial charge >= 0.3 is 6.36 Å². The summed E-state index contributed by atoms with van der Waals surface area (Å²) >= 11 is 0. The van der Waals surface area contributed by atoms with Crippen LogP contribution < -0.4 is 10.1 Å². The first-order valence-corrected chi connectivity index (χ1v) is 8.93. The fourth-order valence-corrected chi connectivity index (χ4v) is 2.95. The van der Waals surface area contributed by atoms with Gasteiger partial charge in [-0.15, -0.1) is 13.2 Å². The number of halogens is 3. The molecule has 3 aromatic rings. The Morgan fingerprint density at radius 1 is 1.18 bits per heavy atom. The maximum Gasteiger partial charge on any atom is 0.573 e. The van der Waals surface area contributed by atoms with Gasteiger partial charge in [0.15, 0.2) is 0 Å². The zero-order valence-corrected chi connectivity index (χ0v) is 15.2. The fourth-order valence-electron chi connectivity index (χ4n) is 2.95. The Morgan fingerprint density at radius 3 is 2.61 bits per heavy atom. The molecule has 1 unspecified atom stereocenters. The minimum absolute atomic E-state index is 0.0367. The van der Waals surface area contributed by atoms with Crippen molar-refractivity contribution in [2.45, 2.75) is 38.6 Å². The summed E-state index contributed by atoms with van der Waals surface area (Å²) in [6.45, 7) is 1.92. The molecule has 2 N–H and O–H groups in total. The molecule has 0 saturated carbocycles. The molecule has 0 aliphatic carbocycles. The standard InChI is InChI=1S/C20H20F3N3O2/c1-2-14(19-25-15-8-4-5-9-16(15)26-19)24-18(27)12-11-13-7-3-6-10-17(13)28-20(21,22)23/h3-10,14H,2,11-12H2,1H3,(H,24,27)(H,25,26). The molecule has 3 rings (SSSR count). The number of hydrogen-bond acceptors (Lipinski definition) is 3. The maximum atomic E-state index is 12.5. The SMILES string of the molecule is CCC(NC(=O)CCc1ccccc1OC(F)(F)F)c1nc2ccccc2[nH]1. The van der Waals surface area contributed by atoms with Crippen LogP contribution in [0.1, 0.15) is 37.2 Å². The van der Waals surface area contributed by atoms with Crippen LogP contribution in [0.2, 0.25) is 0 Å². The molecule has 0 aliphatic rings. The lowest BCUT2D eigenvalue weighted by molar-refractivity contribution is -0.274. The van der Waals surface area contributed by atoms with Crippen LogP contribution in [0.4, 0.5) is 13.2 Å². The van der Waals surface area contributed by atoms with Crippen molar-refractivity contribution < 1.29 is 22.7 Å². The van der Waals surface area contributed by atoms with Crippen molar-refractivity contribution in [2.24, 2.45) is 0 Å². The summed E-state index contributed by atoms with van der Waals surface area (Å²) in [4.78, 5) is 20.0. The van der Waals surface area contributed by atoms with Gasteiger partial charge in [-0.1, -0.05) is 37.3 Å². The summed E-state index contributed by atoms with van der Waals surface area (Å²) in [7, 11) is 0. The molecule has 0 radical (unpaired) electrons. The lowest BCUT2D eigenvalue weighted by Gasteiger charge is -2.16. The van der Waals surface area contributed by atoms with Crippen LogP contribution in [0.5, 0.6) is 5.75 Å². The normalized spacial score (nSPS) is 12.7. The average molecular weight is 391 g/mol. The number of benzene rings is 2. The molecule has 8 heteroatoms. The van der Waals surface area contributed by atoms with E-state index >= 15 is 0 Å². The number of ether oxygens (including phenoxy) is 1. The highest BCUT2D eigenvalue weighted by Crippen LogP contribution is 2.27. The summed E-state index contributed by atoms with van der Waals surface area (Å²) in [6.07, 6.45) is -3.98. The Labute approximate surface area is 159 Å². The molecule has 5 nitrogen and oxygen atoms in total. The van der Waals surface area contributed by atoms with E-state index in [4.69, 9.17) is 0 Å². The van der Waals surface area contributed by atoms with Crippen molar-refractivity contribution in [3.8, 4) is 5.75 Å². The average Bonchev–Trinajstić information content (AvgIpc) is 3.08. The Balaban J connectivity index is 1.63. The van der Waals surface area contributed by atoms with Crippen molar-refractivity contribution in [1.29, 1.82) is 0 Å². The number of carbonyl (C=O) groups excluding carboxylic acids is 1. The Morgan fingerprint density at radius 2 is 1.89 bits per heavy atom. The van der Waals surface area contributed by atoms with E-state index < -0.39 is 6.36 Å². The number of para-hydroxylation sites is 3. The Kier molecular flexibility index (Phi) is 5.87. The lowest BCUT2D eigenvalue weighted by atomic mass is 10.1. The number of nitrogens with zero attached hydrogens (tertiary/aromatic N) is 1. The third-order valence-electron chi connectivity index (χ3n) is 4.30. The highest BCUT2D eigenvalue weighted by molar-refractivity contribution is 5.77. The Hall–Kier alpha value is -3.03. The summed E-state index contributed by atoms with van der Waals surface area (Å²) in [6, 6.07) is 13.1. The Bertz CT molecular complexity index is 920. The molecule has 2 aromatic carbocycles. The number of H-pyrrole nitrogens is 1. The number of alkyl halides is 3. The second kappa shape index (κ2) is 8.33. The molecule has 0 bridgehead atoms. The largest absolute Gasteiger partial charge is 0.573 e. The second-order valence-corrected chi connectivity index (χ2v) is 6.32. The van der Waals surface area contributed by atoms with Gasteiger partial charge in [0.1, 0.15) is 11.6 Å². The monoisotopic (exact) mass is 391 g/mol. The molecule has 1 atom stereocenters. The van der Waals surface area contributed by atoms with Crippen molar-refractivity contribution >= 4 is 16.9 Å². The fraction of sp³-hybridized carbons (Fsp3) is 0.300. The van der Waals surface area contributed by atoms with Crippen LogP contribution in [0, 0.1) is 0 Å². The smallest absolute Gasteiger partial charge is 0.406 e. The van der Waals surface area contributed by atoms with Gasteiger partial charge < -0.3 is 15.0 Å². The molecule has 1 heterocycles. The highest BCUT2D eigenvalue weighted by Gasteiger charge is 2.32. The summed E-state index contributed by atoms with van der Waals surface area (Å²) in [5.74, 6) is 0.0964. The van der Waals surface area contributed by atoms with Crippen LogP contribution in [-0.2, 0) is 11.2 Å². The molecule has 1 aromatic heterocycles. The van der Waals surface area contributed by atoms with E-state index in [0.29, 0.717) is 17.8 Å². The van der Waals surface area contributed by atoms with E-state index in [-0.39, 0.29) is 30.5 Å². The number of rotatable bonds is 7. The molecule has 1 amide bonds. The number of amides is 1. The number of nitrogens with one attached hydrogen (secondary N) is 2. The van der Waals surface area contributed by atoms with Crippen molar-refractivity contribution in [3.05, 3.63) is 59.9 Å². The maximum absolute atomic E-state index is 12.5. The third-order valence-corrected chi connectivity index (χ3v) is 4.30. The number of aryl methyl sites for hydroxylation is 1. The van der Waals surface area contributed by atoms with Crippen LogP contribution in [0.15, 0.2) is 48.5 Å². The van der Waals surface area contributed by atoms with Crippen LogP contribution in [-0.4, -0.2) is 22.2 Å². The van der Waals surface area contributed by atoms with E-state index in [1.54, 1.807) is 6.07 Å². The minimum atomic E-state index is -4.77. The minimum Gasteiger partial charge on any atom is -0.406 e. The number of fused-ring (bicyclic) bond motifs is 1. The first-order valence-electron chi connectivity index (χ1n) is 8.93. The molecular formula is C20H20F3N3O2. The summed E-state index contributed by atoms with van der Waals surface area (Å²) in [5, 5.41) is 2.89. The van der Waals surface area contributed by atoms with E-state index in [0.717, 1.165) is 11.0 Å². The molecular weight excluding hydrogens is 371 g/mol. The zero-order chi connectivity index (χ0) is 20.1. The van der Waals surface area contributed by atoms with Crippen molar-refractivity contribution in [1.82, 2.24) is 15.3 Å². The quantitative estimate of drug-likeness (QED) is 0.616. The third kappa shape index (κ3) is 5.03. The zero-order valence-electron chi connectivity index (χ0n) is 15.2. The van der Waals surface area contributed by atoms with Crippen molar-refractivity contribution in [3.63, 3.8) is 0 Å². The van der Waals surface area contributed by atoms with Crippen LogP contribution >= 0.6 is 0 Å². The van der Waals surface area contributed by atoms with Crippen LogP contribution in [0.3, 0.4) is 0 Å². The lowest BCUT2D eigenvalue weighted by Crippen LogP contribution is -2.29. The van der Waals surface area contributed by atoms with E-state index in [1.807, 2.05) is 31.2 Å². The predicted molar refractivity (Wildman–Crippen MR) is 98.7 cm³/mol. The van der Waals surface area contributed by atoms with Gasteiger partial charge in [-0.05, 0) is 36.6 Å². The summed E-state index contributed by atoms with van der Waals surface area (Å²) in [5.41, 5.74) is 2.01. The predicted octanol–water partition coefficient (Wildman–Crippen LogP) is 4.66. The van der Waals surface area contributed by atoms with Gasteiger partial charge in [-0.3, -0.25) is 4.79 Å². The van der Waals surface area contributed by atoms with E-state index in [9.17, 15) is 18.0 Å². The molecule has 28 heavy (non-hydrogen) atoms. The van der Waals surface area contributed by atoms with Gasteiger partial charge in [0, 0.05) is 6.42 Å². The molecule has 0 saturated heterocycles. The van der Waals surface area contributed by atoms with Gasteiger partial charge in [0.05, 0.1) is 17.1 Å². The number of carbonyl (C=O) groups is 1. The van der Waals surface area contributed by atoms with E-state index in [2.05, 4.69) is 20.0 Å². The summed E-state index contributed by atoms with van der Waals surface area (Å²) < 4.78 is 41.5. The number of hydrogen-bond donors (Lipinski definition) is 2. The number of aromatic nitrogens is 2. The van der Waals surface area contributed by atoms with Crippen LogP contribution in [0.25, 0.3) is 11.0 Å². The molecule has 0 fully saturated rings. The molecule has 148 valence electrons. The molecule has 0 spiro atoms. The second-order valence-electron chi connectivity index (χ2n) is 6.32. The van der Waals surface area contributed by atoms with E-state index in [1.165, 1.54) is 18.2 Å². The highest BCUT2D eigenvalue weighted by atomic mass is 19.4. The number of imidazole rings is 1. The van der Waals surface area contributed by atoms with Gasteiger partial charge in [0.2, 0.25) is 5.91 Å². The first-order chi connectivity index (χ1) is 13.4. The first kappa shape index (κ1) is 19.7. The van der Waals surface area contributed by atoms with Gasteiger partial charge in [-0.25, -0.2) is 4.98 Å². The van der Waals surface area contributed by atoms with Gasteiger partial charge in [-0.2, -0.15) is 0 Å². The number of aromatic amines is 1.